The molecule has 3 aromatic heterocycles. The zero-order valence-electron chi connectivity index (χ0n) is 70.3. The molecule has 18 aromatic carbocycles. The summed E-state index contributed by atoms with van der Waals surface area (Å²) in [6.07, 6.45) is 0. The Bertz CT molecular complexity index is 7110. The van der Waals surface area contributed by atoms with Crippen LogP contribution in [0.4, 0.5) is 62.6 Å². The lowest BCUT2D eigenvalue weighted by atomic mass is 9.82. The minimum absolute atomic E-state index is 0.000652. The topological polar surface area (TPSA) is 95.2 Å². The van der Waals surface area contributed by atoms with Crippen LogP contribution in [0.3, 0.4) is 0 Å². The van der Waals surface area contributed by atoms with Crippen molar-refractivity contribution >= 4 is 96.0 Å². The number of nitrogens with zero attached hydrogens (tertiary/aromatic N) is 4. The summed E-state index contributed by atoms with van der Waals surface area (Å²) in [6.45, 7) is 4.63. The van der Waals surface area contributed by atoms with Crippen LogP contribution in [0.15, 0.2) is 490 Å². The van der Waals surface area contributed by atoms with Gasteiger partial charge in [0.25, 0.3) is 0 Å². The molecular formula is C117H90N8OS. The van der Waals surface area contributed by atoms with Gasteiger partial charge in [0.05, 0.1) is 11.0 Å². The number of rotatable bonds is 19. The van der Waals surface area contributed by atoms with E-state index in [1.807, 2.05) is 90.2 Å². The van der Waals surface area contributed by atoms with Gasteiger partial charge in [-0.3, -0.25) is 4.57 Å². The summed E-state index contributed by atoms with van der Waals surface area (Å²) in [6, 6.07) is 169. The van der Waals surface area contributed by atoms with Crippen LogP contribution in [0.25, 0.3) is 116 Å². The highest BCUT2D eigenvalue weighted by Crippen LogP contribution is 2.50. The maximum absolute atomic E-state index is 5.84. The Morgan fingerprint density at radius 3 is 1.06 bits per heavy atom. The maximum atomic E-state index is 5.84. The van der Waals surface area contributed by atoms with Gasteiger partial charge in [-0.15, -0.1) is 11.3 Å². The van der Waals surface area contributed by atoms with Crippen molar-refractivity contribution < 1.29 is 4.42 Å². The number of hydrogen-bond donors (Lipinski definition) is 4. The van der Waals surface area contributed by atoms with E-state index >= 15 is 0 Å². The summed E-state index contributed by atoms with van der Waals surface area (Å²) in [5.41, 5.74) is 34.1. The molecule has 21 aromatic rings. The van der Waals surface area contributed by atoms with Crippen molar-refractivity contribution in [2.45, 2.75) is 19.3 Å². The fourth-order valence-corrected chi connectivity index (χ4v) is 17.3. The molecule has 1 aliphatic carbocycles. The number of thiophene rings is 1. The second-order valence-corrected chi connectivity index (χ2v) is 32.7. The number of hydrogen-bond acceptors (Lipinski definition) is 9. The van der Waals surface area contributed by atoms with E-state index in [0.717, 1.165) is 107 Å². The summed E-state index contributed by atoms with van der Waals surface area (Å²) in [5, 5.41) is 14.1. The molecule has 0 fully saturated rings. The first-order chi connectivity index (χ1) is 62.7. The number of aromatic nitrogens is 3. The number of anilines is 11. The lowest BCUT2D eigenvalue weighted by Gasteiger charge is -2.25. The van der Waals surface area contributed by atoms with Crippen LogP contribution in [-0.4, -0.2) is 14.5 Å². The Balaban J connectivity index is 0.000000111. The molecule has 3 heterocycles. The fraction of sp³-hybridized carbons (Fsp3) is 0.0256. The van der Waals surface area contributed by atoms with Crippen molar-refractivity contribution in [2.24, 2.45) is 0 Å². The summed E-state index contributed by atoms with van der Waals surface area (Å²) >= 11 is 1.83. The van der Waals surface area contributed by atoms with Gasteiger partial charge in [0.15, 0.2) is 5.58 Å². The van der Waals surface area contributed by atoms with Crippen LogP contribution in [-0.2, 0) is 5.41 Å². The second kappa shape index (κ2) is 37.5. The smallest absolute Gasteiger partial charge is 0.227 e. The third-order valence-corrected chi connectivity index (χ3v) is 24.0. The van der Waals surface area contributed by atoms with E-state index in [9.17, 15) is 0 Å². The van der Waals surface area contributed by atoms with E-state index in [4.69, 9.17) is 9.40 Å². The molecule has 0 saturated heterocycles. The van der Waals surface area contributed by atoms with Crippen molar-refractivity contribution in [3.05, 3.63) is 496 Å². The summed E-state index contributed by atoms with van der Waals surface area (Å²) in [5.74, 6) is 1.58. The molecule has 0 amide bonds. The van der Waals surface area contributed by atoms with Gasteiger partial charge in [-0.2, -0.15) is 0 Å². The van der Waals surface area contributed by atoms with Gasteiger partial charge in [0.2, 0.25) is 5.89 Å². The average Bonchev–Trinajstić information content (AvgIpc) is 1.58. The van der Waals surface area contributed by atoms with Gasteiger partial charge >= 0.3 is 0 Å². The van der Waals surface area contributed by atoms with Gasteiger partial charge in [-0.05, 0) is 273 Å². The molecule has 610 valence electrons. The average molecular weight is 1660 g/mol. The lowest BCUT2D eigenvalue weighted by Crippen LogP contribution is -2.15. The first kappa shape index (κ1) is 80.3. The molecule has 9 nitrogen and oxygen atoms in total. The fourth-order valence-electron chi connectivity index (χ4n) is 16.3. The molecule has 0 bridgehead atoms. The summed E-state index contributed by atoms with van der Waals surface area (Å²) in [4.78, 5) is 14.4. The normalized spacial score (nSPS) is 11.4. The highest BCUT2D eigenvalue weighted by atomic mass is 32.1. The second-order valence-electron chi connectivity index (χ2n) is 31.7. The lowest BCUT2D eigenvalue weighted by molar-refractivity contribution is 0.620. The van der Waals surface area contributed by atoms with Gasteiger partial charge < -0.3 is 30.6 Å². The van der Waals surface area contributed by atoms with Gasteiger partial charge in [-0.25, -0.2) is 9.97 Å². The highest BCUT2D eigenvalue weighted by molar-refractivity contribution is 7.18. The Hall–Kier alpha value is -16.4. The highest BCUT2D eigenvalue weighted by Gasteiger charge is 2.35. The Morgan fingerprint density at radius 2 is 0.591 bits per heavy atom. The van der Waals surface area contributed by atoms with Crippen molar-refractivity contribution in [3.63, 3.8) is 0 Å². The molecule has 4 N–H and O–H groups in total. The molecular weight excluding hydrogens is 1570 g/mol. The zero-order chi connectivity index (χ0) is 85.5. The Morgan fingerprint density at radius 1 is 0.260 bits per heavy atom. The SMILES string of the molecule is CC1(C)c2ccccc2-c2ccc(Nc3ccc(N(c4ccccc4)c4ccccc4)cc3)cc21.c1ccc(-c2ccc(Nc3ccc(-c4ccc(-c5ccccc5)s4)cc3)cc2)cc1.c1ccc(-c2ccc(Nc3ccc(-c4nc5ccccc5n4-c4ccccc4)cc3)cc2)cc1.c1ccc(-c2ccc(Nc3ccc(-c4nc5ccccc5o4)cc3)cc2)cc1. The summed E-state index contributed by atoms with van der Waals surface area (Å²) < 4.78 is 8.06. The van der Waals surface area contributed by atoms with Crippen LogP contribution in [0.2, 0.25) is 0 Å². The first-order valence-corrected chi connectivity index (χ1v) is 43.6. The van der Waals surface area contributed by atoms with Crippen molar-refractivity contribution in [3.8, 4) is 93.9 Å². The molecule has 0 spiro atoms. The van der Waals surface area contributed by atoms with E-state index in [0.29, 0.717) is 5.89 Å². The number of oxazole rings is 1. The van der Waals surface area contributed by atoms with E-state index in [1.165, 1.54) is 76.5 Å². The molecule has 127 heavy (non-hydrogen) atoms. The number of benzene rings is 18. The van der Waals surface area contributed by atoms with E-state index in [2.05, 4.69) is 456 Å². The zero-order valence-corrected chi connectivity index (χ0v) is 71.1. The van der Waals surface area contributed by atoms with Gasteiger partial charge in [0, 0.05) is 94.5 Å². The molecule has 10 heteroatoms. The number of nitrogens with one attached hydrogen (secondary N) is 4. The van der Waals surface area contributed by atoms with Gasteiger partial charge in [0.1, 0.15) is 11.3 Å². The molecule has 0 radical (unpaired) electrons. The first-order valence-electron chi connectivity index (χ1n) is 42.8. The van der Waals surface area contributed by atoms with Crippen molar-refractivity contribution in [2.75, 3.05) is 26.2 Å². The predicted molar refractivity (Wildman–Crippen MR) is 535 cm³/mol. The van der Waals surface area contributed by atoms with Crippen molar-refractivity contribution in [1.29, 1.82) is 0 Å². The standard InChI is InChI=1S/C33H28N2.C31H23N3.C28H21NS.C25H18N2O/c1-33(2)31-16-10-9-15-29(31)30-22-19-25(23-32(30)33)34-24-17-20-28(21-18-24)35(26-11-5-3-6-12-26)27-13-7-4-8-14-27;1-3-9-23(10-4-1)24-15-19-26(20-16-24)32-27-21-17-25(18-22-27)31-33-29-13-7-8-14-30(29)34(31)28-11-5-2-6-12-28;1-3-7-21(8-4-1)22-11-15-25(16-12-22)29-26-17-13-24(14-18-26)28-20-19-27(30-28)23-9-5-2-6-10-23;1-2-6-18(7-3-1)19-10-14-21(15-11-19)26-22-16-12-20(13-17-22)25-27-23-8-4-5-9-24(23)28-25/h3-23,34H,1-2H3;1-22,32H;1-20,29H;1-17,26H. The molecule has 22 rings (SSSR count). The van der Waals surface area contributed by atoms with E-state index < -0.39 is 0 Å². The number of para-hydroxylation sites is 7. The van der Waals surface area contributed by atoms with Crippen LogP contribution in [0.5, 0.6) is 0 Å². The Labute approximate surface area is 745 Å². The van der Waals surface area contributed by atoms with Crippen LogP contribution < -0.4 is 26.2 Å². The van der Waals surface area contributed by atoms with Crippen LogP contribution >= 0.6 is 11.3 Å². The predicted octanol–water partition coefficient (Wildman–Crippen LogP) is 32.7. The number of fused-ring (bicyclic) bond motifs is 5. The van der Waals surface area contributed by atoms with Gasteiger partial charge in [-0.1, -0.05) is 293 Å². The quantitative estimate of drug-likeness (QED) is 0.0636. The molecule has 1 aliphatic rings. The third-order valence-electron chi connectivity index (χ3n) is 22.8. The molecule has 0 atom stereocenters. The van der Waals surface area contributed by atoms with Crippen molar-refractivity contribution in [1.82, 2.24) is 14.5 Å². The minimum Gasteiger partial charge on any atom is -0.436 e. The van der Waals surface area contributed by atoms with E-state index in [-0.39, 0.29) is 5.41 Å². The molecule has 0 aliphatic heterocycles. The van der Waals surface area contributed by atoms with Crippen LogP contribution in [0.1, 0.15) is 25.0 Å². The van der Waals surface area contributed by atoms with Crippen LogP contribution in [0, 0.1) is 0 Å². The Kier molecular flexibility index (Phi) is 23.7. The summed E-state index contributed by atoms with van der Waals surface area (Å²) in [7, 11) is 0. The number of imidazole rings is 1. The largest absolute Gasteiger partial charge is 0.436 e. The molecule has 0 saturated carbocycles. The minimum atomic E-state index is -0.000652. The maximum Gasteiger partial charge on any atom is 0.227 e. The van der Waals surface area contributed by atoms with E-state index in [1.54, 1.807) is 0 Å². The monoisotopic (exact) mass is 1650 g/mol. The molecule has 0 unspecified atom stereocenters. The third kappa shape index (κ3) is 18.7.